The number of fused-ring (bicyclic) bond motifs is 1. The predicted molar refractivity (Wildman–Crippen MR) is 167 cm³/mol. The number of pyridine rings is 1. The first kappa shape index (κ1) is 28.2. The Hall–Kier alpha value is -3.98. The SMILES string of the molecule is CCc1nc(-c2cccc(-c3cccc(Nc4nccc5nccnc45)c3Cl)c2Cl)cnc1CNC[C@@H]1CCC(=O)C1. The van der Waals surface area contributed by atoms with Crippen LogP contribution in [0.5, 0.6) is 0 Å². The number of aromatic nitrogens is 5. The van der Waals surface area contributed by atoms with Gasteiger partial charge in [-0.15, -0.1) is 0 Å². The molecule has 1 saturated carbocycles. The summed E-state index contributed by atoms with van der Waals surface area (Å²) in [5, 5.41) is 7.83. The maximum atomic E-state index is 11.6. The standard InChI is InChI=1S/C32H29Cl2N7O/c1-2-24-28(17-35-16-19-9-10-20(42)15-19)39-18-27(40-24)23-7-3-5-21(29(23)33)22-6-4-8-25(30(22)34)41-32-31-26(11-12-38-32)36-13-14-37-31/h3-8,11-14,18-19,35H,2,9-10,15-17H2,1H3,(H,38,41)/t19-/m1/s1. The lowest BCUT2D eigenvalue weighted by Gasteiger charge is -2.16. The van der Waals surface area contributed by atoms with Crippen molar-refractivity contribution in [3.05, 3.63) is 88.7 Å². The molecule has 2 N–H and O–H groups in total. The summed E-state index contributed by atoms with van der Waals surface area (Å²) < 4.78 is 0. The third-order valence-corrected chi connectivity index (χ3v) is 8.36. The average molecular weight is 599 g/mol. The molecule has 0 radical (unpaired) electrons. The summed E-state index contributed by atoms with van der Waals surface area (Å²) >= 11 is 14.0. The molecule has 0 saturated heterocycles. The van der Waals surface area contributed by atoms with E-state index in [1.807, 2.05) is 42.5 Å². The summed E-state index contributed by atoms with van der Waals surface area (Å²) in [6.07, 6.45) is 9.80. The molecule has 3 aromatic heterocycles. The van der Waals surface area contributed by atoms with Crippen LogP contribution in [0.4, 0.5) is 11.5 Å². The van der Waals surface area contributed by atoms with Gasteiger partial charge in [0, 0.05) is 54.7 Å². The van der Waals surface area contributed by atoms with Crippen LogP contribution in [-0.2, 0) is 17.8 Å². The van der Waals surface area contributed by atoms with Crippen molar-refractivity contribution in [2.75, 3.05) is 11.9 Å². The molecule has 3 heterocycles. The summed E-state index contributed by atoms with van der Waals surface area (Å²) in [5.74, 6) is 1.34. The third kappa shape index (κ3) is 5.83. The van der Waals surface area contributed by atoms with Gasteiger partial charge in [-0.1, -0.05) is 60.5 Å². The number of nitrogens with one attached hydrogen (secondary N) is 2. The molecule has 10 heteroatoms. The minimum Gasteiger partial charge on any atom is -0.337 e. The fraction of sp³-hybridized carbons (Fsp3) is 0.250. The van der Waals surface area contributed by atoms with Crippen LogP contribution in [0, 0.1) is 5.92 Å². The number of benzene rings is 2. The molecule has 212 valence electrons. The van der Waals surface area contributed by atoms with Crippen molar-refractivity contribution in [3.63, 3.8) is 0 Å². The maximum absolute atomic E-state index is 11.6. The number of hydrogen-bond donors (Lipinski definition) is 2. The lowest BCUT2D eigenvalue weighted by molar-refractivity contribution is -0.117. The van der Waals surface area contributed by atoms with E-state index in [-0.39, 0.29) is 0 Å². The van der Waals surface area contributed by atoms with Gasteiger partial charge in [0.1, 0.15) is 11.3 Å². The zero-order chi connectivity index (χ0) is 29.1. The van der Waals surface area contributed by atoms with E-state index in [0.29, 0.717) is 63.8 Å². The maximum Gasteiger partial charge on any atom is 0.158 e. The fourth-order valence-electron chi connectivity index (χ4n) is 5.36. The summed E-state index contributed by atoms with van der Waals surface area (Å²) in [7, 11) is 0. The molecule has 0 spiro atoms. The molecule has 0 unspecified atom stereocenters. The van der Waals surface area contributed by atoms with E-state index in [4.69, 9.17) is 33.2 Å². The van der Waals surface area contributed by atoms with Crippen molar-refractivity contribution in [1.82, 2.24) is 30.2 Å². The number of hydrogen-bond acceptors (Lipinski definition) is 8. The van der Waals surface area contributed by atoms with E-state index in [9.17, 15) is 4.79 Å². The monoisotopic (exact) mass is 597 g/mol. The minimum atomic E-state index is 0.361. The number of carbonyl (C=O) groups excluding carboxylic acids is 1. The van der Waals surface area contributed by atoms with Crippen LogP contribution < -0.4 is 10.6 Å². The minimum absolute atomic E-state index is 0.361. The van der Waals surface area contributed by atoms with Crippen LogP contribution >= 0.6 is 23.2 Å². The molecule has 1 fully saturated rings. The molecular weight excluding hydrogens is 569 g/mol. The predicted octanol–water partition coefficient (Wildman–Crippen LogP) is 7.22. The van der Waals surface area contributed by atoms with Crippen LogP contribution in [0.25, 0.3) is 33.4 Å². The Morgan fingerprint density at radius 1 is 0.881 bits per heavy atom. The van der Waals surface area contributed by atoms with Crippen LogP contribution in [0.15, 0.2) is 67.3 Å². The smallest absolute Gasteiger partial charge is 0.158 e. The highest BCUT2D eigenvalue weighted by Gasteiger charge is 2.22. The molecule has 5 aromatic rings. The van der Waals surface area contributed by atoms with E-state index in [0.717, 1.165) is 53.0 Å². The summed E-state index contributed by atoms with van der Waals surface area (Å²) in [6, 6.07) is 13.4. The van der Waals surface area contributed by atoms with Gasteiger partial charge in [0.15, 0.2) is 5.82 Å². The van der Waals surface area contributed by atoms with Crippen LogP contribution in [-0.4, -0.2) is 37.2 Å². The quantitative estimate of drug-likeness (QED) is 0.183. The van der Waals surface area contributed by atoms with Gasteiger partial charge in [0.05, 0.1) is 44.5 Å². The van der Waals surface area contributed by atoms with Gasteiger partial charge in [-0.05, 0) is 37.4 Å². The number of ketones is 1. The lowest BCUT2D eigenvalue weighted by Crippen LogP contribution is -2.22. The highest BCUT2D eigenvalue weighted by atomic mass is 35.5. The molecule has 6 rings (SSSR count). The van der Waals surface area contributed by atoms with E-state index >= 15 is 0 Å². The summed E-state index contributed by atoms with van der Waals surface area (Å²) in [6.45, 7) is 3.49. The number of anilines is 2. The first-order valence-electron chi connectivity index (χ1n) is 14.0. The highest BCUT2D eigenvalue weighted by molar-refractivity contribution is 6.39. The number of carbonyl (C=O) groups is 1. The first-order chi connectivity index (χ1) is 20.5. The Bertz CT molecular complexity index is 1770. The molecule has 1 aliphatic rings. The number of Topliss-reactive ketones (excluding diaryl/α,β-unsaturated/α-hetero) is 1. The number of rotatable bonds is 9. The van der Waals surface area contributed by atoms with Crippen molar-refractivity contribution >= 4 is 51.5 Å². The summed E-state index contributed by atoms with van der Waals surface area (Å²) in [5.41, 5.74) is 6.92. The van der Waals surface area contributed by atoms with Crippen molar-refractivity contribution in [1.29, 1.82) is 0 Å². The summed E-state index contributed by atoms with van der Waals surface area (Å²) in [4.78, 5) is 34.5. The van der Waals surface area contributed by atoms with Gasteiger partial charge in [0.2, 0.25) is 0 Å². The Kier molecular flexibility index (Phi) is 8.37. The third-order valence-electron chi connectivity index (χ3n) is 7.54. The molecular formula is C32H29Cl2N7O. The molecule has 42 heavy (non-hydrogen) atoms. The Labute approximate surface area is 254 Å². The molecule has 0 bridgehead atoms. The second-order valence-electron chi connectivity index (χ2n) is 10.3. The van der Waals surface area contributed by atoms with Crippen LogP contribution in [0.2, 0.25) is 10.0 Å². The highest BCUT2D eigenvalue weighted by Crippen LogP contribution is 2.41. The normalized spacial score (nSPS) is 14.9. The molecule has 1 atom stereocenters. The van der Waals surface area contributed by atoms with Gasteiger partial charge in [-0.2, -0.15) is 0 Å². The lowest BCUT2D eigenvalue weighted by atomic mass is 10.0. The van der Waals surface area contributed by atoms with Gasteiger partial charge < -0.3 is 10.6 Å². The fourth-order valence-corrected chi connectivity index (χ4v) is 5.96. The van der Waals surface area contributed by atoms with Crippen LogP contribution in [0.1, 0.15) is 37.6 Å². The Morgan fingerprint density at radius 3 is 2.48 bits per heavy atom. The molecule has 8 nitrogen and oxygen atoms in total. The van der Waals surface area contributed by atoms with E-state index in [1.54, 1.807) is 24.8 Å². The van der Waals surface area contributed by atoms with E-state index in [1.165, 1.54) is 0 Å². The van der Waals surface area contributed by atoms with Crippen molar-refractivity contribution in [2.45, 2.75) is 39.2 Å². The van der Waals surface area contributed by atoms with Crippen LogP contribution in [0.3, 0.4) is 0 Å². The molecule has 2 aromatic carbocycles. The average Bonchev–Trinajstić information content (AvgIpc) is 3.43. The Morgan fingerprint density at radius 2 is 1.67 bits per heavy atom. The number of halogens is 2. The van der Waals surface area contributed by atoms with Gasteiger partial charge in [-0.3, -0.25) is 14.8 Å². The first-order valence-corrected chi connectivity index (χ1v) is 14.7. The van der Waals surface area contributed by atoms with Gasteiger partial charge >= 0.3 is 0 Å². The second-order valence-corrected chi connectivity index (χ2v) is 11.1. The van der Waals surface area contributed by atoms with E-state index in [2.05, 4.69) is 32.5 Å². The van der Waals surface area contributed by atoms with E-state index < -0.39 is 0 Å². The largest absolute Gasteiger partial charge is 0.337 e. The molecule has 0 amide bonds. The van der Waals surface area contributed by atoms with Gasteiger partial charge in [0.25, 0.3) is 0 Å². The van der Waals surface area contributed by atoms with Crippen molar-refractivity contribution in [3.8, 4) is 22.4 Å². The van der Waals surface area contributed by atoms with Crippen molar-refractivity contribution < 1.29 is 4.79 Å². The molecule has 0 aliphatic heterocycles. The second kappa shape index (κ2) is 12.5. The zero-order valence-electron chi connectivity index (χ0n) is 23.1. The molecule has 1 aliphatic carbocycles. The zero-order valence-corrected chi connectivity index (χ0v) is 24.6. The van der Waals surface area contributed by atoms with Crippen molar-refractivity contribution in [2.24, 2.45) is 5.92 Å². The Balaban J connectivity index is 1.26. The van der Waals surface area contributed by atoms with Gasteiger partial charge in [-0.25, -0.2) is 15.0 Å². The topological polar surface area (TPSA) is 106 Å². The number of aryl methyl sites for hydroxylation is 1. The number of nitrogens with zero attached hydrogens (tertiary/aromatic N) is 5.